The van der Waals surface area contributed by atoms with Gasteiger partial charge in [0.05, 0.1) is 24.3 Å². The minimum absolute atomic E-state index is 0.819. The molecule has 0 aliphatic heterocycles. The van der Waals surface area contributed by atoms with Crippen LogP contribution in [0.2, 0.25) is 0 Å². The zero-order valence-corrected chi connectivity index (χ0v) is 10.4. The second kappa shape index (κ2) is 5.63. The molecule has 0 bridgehead atoms. The monoisotopic (exact) mass is 233 g/mol. The van der Waals surface area contributed by atoms with Crippen LogP contribution in [0.4, 0.5) is 0 Å². The van der Waals surface area contributed by atoms with Gasteiger partial charge in [0.15, 0.2) is 0 Å². The van der Waals surface area contributed by atoms with Gasteiger partial charge in [-0.3, -0.25) is 4.68 Å². The molecule has 17 heavy (non-hydrogen) atoms. The predicted molar refractivity (Wildman–Crippen MR) is 66.5 cm³/mol. The topological polar surface area (TPSA) is 47.7 Å². The van der Waals surface area contributed by atoms with E-state index >= 15 is 0 Å². The number of hydrogen-bond donors (Lipinski definition) is 1. The zero-order chi connectivity index (χ0) is 12.1. The van der Waals surface area contributed by atoms with Crippen LogP contribution in [0.5, 0.6) is 0 Å². The third-order valence-electron chi connectivity index (χ3n) is 2.79. The lowest BCUT2D eigenvalue weighted by atomic mass is 10.3. The molecule has 0 atom stereocenters. The summed E-state index contributed by atoms with van der Waals surface area (Å²) in [5, 5.41) is 7.56. The van der Waals surface area contributed by atoms with Crippen molar-refractivity contribution in [1.29, 1.82) is 0 Å². The minimum Gasteiger partial charge on any atom is -0.327 e. The Hall–Kier alpha value is -1.62. The number of hydrogen-bond acceptors (Lipinski definition) is 3. The van der Waals surface area contributed by atoms with Crippen molar-refractivity contribution in [2.24, 2.45) is 7.05 Å². The molecule has 2 rings (SSSR count). The second-order valence-electron chi connectivity index (χ2n) is 4.14. The first-order valence-corrected chi connectivity index (χ1v) is 5.98. The van der Waals surface area contributed by atoms with E-state index in [2.05, 4.69) is 26.9 Å². The standard InChI is InChI=1S/C12H19N5/c1-3-5-13-7-12-8-14-10-17(12)9-11-4-6-15-16(11)2/h4,6,8,10,13H,3,5,7,9H2,1-2H3. The third-order valence-corrected chi connectivity index (χ3v) is 2.79. The largest absolute Gasteiger partial charge is 0.327 e. The first-order chi connectivity index (χ1) is 8.31. The van der Waals surface area contributed by atoms with Crippen molar-refractivity contribution in [2.75, 3.05) is 6.54 Å². The predicted octanol–water partition coefficient (Wildman–Crippen LogP) is 1.16. The lowest BCUT2D eigenvalue weighted by molar-refractivity contribution is 0.609. The van der Waals surface area contributed by atoms with E-state index in [4.69, 9.17) is 0 Å². The summed E-state index contributed by atoms with van der Waals surface area (Å²) >= 11 is 0. The summed E-state index contributed by atoms with van der Waals surface area (Å²) in [5.74, 6) is 0. The van der Waals surface area contributed by atoms with Crippen LogP contribution in [-0.4, -0.2) is 25.9 Å². The maximum atomic E-state index is 4.20. The van der Waals surface area contributed by atoms with Crippen LogP contribution >= 0.6 is 0 Å². The van der Waals surface area contributed by atoms with Crippen LogP contribution in [0.3, 0.4) is 0 Å². The molecule has 0 radical (unpaired) electrons. The van der Waals surface area contributed by atoms with Crippen LogP contribution in [0.25, 0.3) is 0 Å². The van der Waals surface area contributed by atoms with Gasteiger partial charge in [-0.05, 0) is 19.0 Å². The van der Waals surface area contributed by atoms with E-state index < -0.39 is 0 Å². The highest BCUT2D eigenvalue weighted by atomic mass is 15.3. The molecule has 0 aliphatic rings. The average Bonchev–Trinajstić information content (AvgIpc) is 2.91. The third kappa shape index (κ3) is 2.94. The van der Waals surface area contributed by atoms with Gasteiger partial charge in [0, 0.05) is 26.0 Å². The van der Waals surface area contributed by atoms with E-state index in [0.29, 0.717) is 0 Å². The molecule has 2 aromatic rings. The van der Waals surface area contributed by atoms with Gasteiger partial charge in [-0.2, -0.15) is 5.10 Å². The van der Waals surface area contributed by atoms with E-state index in [9.17, 15) is 0 Å². The van der Waals surface area contributed by atoms with Crippen LogP contribution in [0.1, 0.15) is 24.7 Å². The van der Waals surface area contributed by atoms with Crippen molar-refractivity contribution in [3.63, 3.8) is 0 Å². The summed E-state index contributed by atoms with van der Waals surface area (Å²) in [5.41, 5.74) is 2.39. The van der Waals surface area contributed by atoms with Gasteiger partial charge in [-0.25, -0.2) is 4.98 Å². The number of aromatic nitrogens is 4. The summed E-state index contributed by atoms with van der Waals surface area (Å²) < 4.78 is 4.04. The van der Waals surface area contributed by atoms with Gasteiger partial charge >= 0.3 is 0 Å². The van der Waals surface area contributed by atoms with E-state index in [1.165, 1.54) is 11.4 Å². The van der Waals surface area contributed by atoms with Crippen LogP contribution in [-0.2, 0) is 20.1 Å². The summed E-state index contributed by atoms with van der Waals surface area (Å²) in [6.45, 7) is 4.89. The zero-order valence-electron chi connectivity index (χ0n) is 10.4. The molecule has 2 heterocycles. The summed E-state index contributed by atoms with van der Waals surface area (Å²) in [6.07, 6.45) is 6.76. The SMILES string of the molecule is CCCNCc1cncn1Cc1ccnn1C. The normalized spacial score (nSPS) is 10.9. The maximum absolute atomic E-state index is 4.20. The number of rotatable bonds is 6. The molecular formula is C12H19N5. The van der Waals surface area contributed by atoms with Crippen LogP contribution in [0.15, 0.2) is 24.8 Å². The Balaban J connectivity index is 2.01. The summed E-state index contributed by atoms with van der Waals surface area (Å²) in [7, 11) is 1.96. The van der Waals surface area contributed by atoms with Gasteiger partial charge in [0.1, 0.15) is 0 Å². The van der Waals surface area contributed by atoms with Gasteiger partial charge in [-0.1, -0.05) is 6.92 Å². The molecular weight excluding hydrogens is 214 g/mol. The highest BCUT2D eigenvalue weighted by Crippen LogP contribution is 2.05. The Morgan fingerprint density at radius 2 is 2.24 bits per heavy atom. The van der Waals surface area contributed by atoms with Crippen LogP contribution < -0.4 is 5.32 Å². The maximum Gasteiger partial charge on any atom is 0.0952 e. The second-order valence-corrected chi connectivity index (χ2v) is 4.14. The first-order valence-electron chi connectivity index (χ1n) is 5.98. The molecule has 0 unspecified atom stereocenters. The Morgan fingerprint density at radius 1 is 1.35 bits per heavy atom. The molecule has 0 aliphatic carbocycles. The molecule has 0 aromatic carbocycles. The van der Waals surface area contributed by atoms with Gasteiger partial charge < -0.3 is 9.88 Å². The lowest BCUT2D eigenvalue weighted by Gasteiger charge is -2.09. The van der Waals surface area contributed by atoms with Crippen molar-refractivity contribution in [3.05, 3.63) is 36.2 Å². The van der Waals surface area contributed by atoms with Crippen molar-refractivity contribution < 1.29 is 0 Å². The quantitative estimate of drug-likeness (QED) is 0.762. The minimum atomic E-state index is 0.819. The molecule has 0 saturated carbocycles. The fraction of sp³-hybridized carbons (Fsp3) is 0.500. The molecule has 0 amide bonds. The molecule has 0 fully saturated rings. The fourth-order valence-electron chi connectivity index (χ4n) is 1.76. The van der Waals surface area contributed by atoms with Gasteiger partial charge in [0.2, 0.25) is 0 Å². The van der Waals surface area contributed by atoms with E-state index in [0.717, 1.165) is 26.1 Å². The molecule has 0 saturated heterocycles. The Kier molecular flexibility index (Phi) is 3.93. The highest BCUT2D eigenvalue weighted by Gasteiger charge is 2.04. The van der Waals surface area contributed by atoms with Crippen molar-refractivity contribution >= 4 is 0 Å². The Bertz CT molecular complexity index is 457. The molecule has 5 heteroatoms. The molecule has 0 spiro atoms. The molecule has 5 nitrogen and oxygen atoms in total. The van der Waals surface area contributed by atoms with Crippen molar-refractivity contribution in [3.8, 4) is 0 Å². The molecule has 1 N–H and O–H groups in total. The number of aryl methyl sites for hydroxylation is 1. The summed E-state index contributed by atoms with van der Waals surface area (Å²) in [6, 6.07) is 2.03. The smallest absolute Gasteiger partial charge is 0.0952 e. The average molecular weight is 233 g/mol. The number of nitrogens with one attached hydrogen (secondary N) is 1. The fourth-order valence-corrected chi connectivity index (χ4v) is 1.76. The van der Waals surface area contributed by atoms with E-state index in [-0.39, 0.29) is 0 Å². The number of nitrogens with zero attached hydrogens (tertiary/aromatic N) is 4. The molecule has 2 aromatic heterocycles. The van der Waals surface area contributed by atoms with E-state index in [1.54, 1.807) is 0 Å². The van der Waals surface area contributed by atoms with Crippen molar-refractivity contribution in [2.45, 2.75) is 26.4 Å². The Labute approximate surface area is 101 Å². The molecule has 92 valence electrons. The van der Waals surface area contributed by atoms with Gasteiger partial charge in [0.25, 0.3) is 0 Å². The van der Waals surface area contributed by atoms with Crippen LogP contribution in [0, 0.1) is 0 Å². The Morgan fingerprint density at radius 3 is 2.94 bits per heavy atom. The first kappa shape index (κ1) is 11.9. The number of imidazole rings is 1. The lowest BCUT2D eigenvalue weighted by Crippen LogP contribution is -2.17. The van der Waals surface area contributed by atoms with Crippen molar-refractivity contribution in [1.82, 2.24) is 24.6 Å². The van der Waals surface area contributed by atoms with E-state index in [1.807, 2.05) is 36.5 Å². The van der Waals surface area contributed by atoms with Gasteiger partial charge in [-0.15, -0.1) is 0 Å². The highest BCUT2D eigenvalue weighted by molar-refractivity contribution is 5.05. The summed E-state index contributed by atoms with van der Waals surface area (Å²) in [4.78, 5) is 4.20.